The molecule has 2 N–H and O–H groups in total. The highest BCUT2D eigenvalue weighted by molar-refractivity contribution is 4.87. The van der Waals surface area contributed by atoms with Gasteiger partial charge >= 0.3 is 0 Å². The van der Waals surface area contributed by atoms with Gasteiger partial charge in [-0.05, 0) is 25.7 Å². The van der Waals surface area contributed by atoms with E-state index in [1.807, 2.05) is 0 Å². The van der Waals surface area contributed by atoms with Gasteiger partial charge in [0.2, 0.25) is 0 Å². The number of nitrogens with one attached hydrogen (secondary N) is 1. The van der Waals surface area contributed by atoms with E-state index < -0.39 is 5.60 Å². The summed E-state index contributed by atoms with van der Waals surface area (Å²) in [6.07, 6.45) is 14.9. The molecule has 0 aromatic heterocycles. The smallest absolute Gasteiger partial charge is 0.0771 e. The van der Waals surface area contributed by atoms with Crippen LogP contribution in [0.5, 0.6) is 0 Å². The maximum atomic E-state index is 10.4. The summed E-state index contributed by atoms with van der Waals surface area (Å²) < 4.78 is 0. The van der Waals surface area contributed by atoms with Gasteiger partial charge in [0.15, 0.2) is 0 Å². The molecule has 0 heterocycles. The van der Waals surface area contributed by atoms with Gasteiger partial charge in [-0.15, -0.1) is 0 Å². The van der Waals surface area contributed by atoms with Crippen molar-refractivity contribution in [2.45, 2.75) is 103 Å². The number of rotatable bonds is 11. The molecule has 0 bridgehead atoms. The average Bonchev–Trinajstić information content (AvgIpc) is 2.83. The van der Waals surface area contributed by atoms with Crippen molar-refractivity contribution in [3.05, 3.63) is 0 Å². The first kappa shape index (κ1) is 17.0. The Hall–Kier alpha value is -0.0800. The molecular formula is C17H35NO. The Bertz CT molecular complexity index is 201. The first-order chi connectivity index (χ1) is 9.20. The van der Waals surface area contributed by atoms with Gasteiger partial charge in [0.05, 0.1) is 5.60 Å². The lowest BCUT2D eigenvalue weighted by molar-refractivity contribution is 0.0440. The fraction of sp³-hybridized carbons (Fsp3) is 1.00. The number of unbranched alkanes of at least 4 members (excludes halogenated alkanes) is 4. The van der Waals surface area contributed by atoms with Crippen LogP contribution in [0.25, 0.3) is 0 Å². The Kier molecular flexibility index (Phi) is 8.72. The Labute approximate surface area is 120 Å². The first-order valence-corrected chi connectivity index (χ1v) is 8.66. The van der Waals surface area contributed by atoms with E-state index in [0.717, 1.165) is 19.4 Å². The van der Waals surface area contributed by atoms with Crippen molar-refractivity contribution >= 4 is 0 Å². The van der Waals surface area contributed by atoms with Crippen LogP contribution in [-0.2, 0) is 0 Å². The normalized spacial score (nSPS) is 18.3. The van der Waals surface area contributed by atoms with Crippen molar-refractivity contribution in [3.63, 3.8) is 0 Å². The fourth-order valence-corrected chi connectivity index (χ4v) is 3.17. The molecule has 0 amide bonds. The predicted molar refractivity (Wildman–Crippen MR) is 83.5 cm³/mol. The molecule has 1 aliphatic carbocycles. The predicted octanol–water partition coefficient (Wildman–Crippen LogP) is 4.41. The van der Waals surface area contributed by atoms with Crippen LogP contribution in [0.4, 0.5) is 0 Å². The summed E-state index contributed by atoms with van der Waals surface area (Å²) in [5.41, 5.74) is -0.395. The summed E-state index contributed by atoms with van der Waals surface area (Å²) in [6.45, 7) is 5.34. The molecule has 19 heavy (non-hydrogen) atoms. The van der Waals surface area contributed by atoms with Gasteiger partial charge in [-0.2, -0.15) is 0 Å². The molecule has 0 aliphatic heterocycles. The largest absolute Gasteiger partial charge is 0.389 e. The zero-order valence-corrected chi connectivity index (χ0v) is 13.2. The van der Waals surface area contributed by atoms with E-state index in [1.165, 1.54) is 64.2 Å². The Morgan fingerprint density at radius 3 is 1.95 bits per heavy atom. The van der Waals surface area contributed by atoms with Gasteiger partial charge in [0.1, 0.15) is 0 Å². The Morgan fingerprint density at radius 1 is 0.947 bits per heavy atom. The molecule has 1 fully saturated rings. The second kappa shape index (κ2) is 9.77. The van der Waals surface area contributed by atoms with Gasteiger partial charge in [0, 0.05) is 12.6 Å². The van der Waals surface area contributed by atoms with Crippen LogP contribution in [0.15, 0.2) is 0 Å². The molecule has 1 saturated carbocycles. The maximum absolute atomic E-state index is 10.4. The van der Waals surface area contributed by atoms with Crippen LogP contribution < -0.4 is 5.32 Å². The Morgan fingerprint density at radius 2 is 1.47 bits per heavy atom. The second-order valence-electron chi connectivity index (χ2n) is 6.50. The zero-order chi connectivity index (χ0) is 14.0. The van der Waals surface area contributed by atoms with Crippen LogP contribution in [0, 0.1) is 0 Å². The lowest BCUT2D eigenvalue weighted by Gasteiger charge is -2.27. The maximum Gasteiger partial charge on any atom is 0.0771 e. The van der Waals surface area contributed by atoms with E-state index in [4.69, 9.17) is 0 Å². The average molecular weight is 269 g/mol. The van der Waals surface area contributed by atoms with Gasteiger partial charge in [-0.3, -0.25) is 0 Å². The highest BCUT2D eigenvalue weighted by Gasteiger charge is 2.31. The quantitative estimate of drug-likeness (QED) is 0.545. The van der Waals surface area contributed by atoms with Crippen LogP contribution in [-0.4, -0.2) is 23.3 Å². The third-order valence-electron chi connectivity index (χ3n) is 4.57. The van der Waals surface area contributed by atoms with Crippen LogP contribution in [0.3, 0.4) is 0 Å². The summed E-state index contributed by atoms with van der Waals surface area (Å²) in [6, 6.07) is 0.628. The highest BCUT2D eigenvalue weighted by atomic mass is 16.3. The molecule has 1 aliphatic rings. The monoisotopic (exact) mass is 269 g/mol. The molecule has 114 valence electrons. The minimum atomic E-state index is -0.395. The zero-order valence-electron chi connectivity index (χ0n) is 13.2. The van der Waals surface area contributed by atoms with E-state index in [0.29, 0.717) is 6.04 Å². The fourth-order valence-electron chi connectivity index (χ4n) is 3.17. The molecular weight excluding hydrogens is 234 g/mol. The third-order valence-corrected chi connectivity index (χ3v) is 4.57. The molecule has 0 spiro atoms. The van der Waals surface area contributed by atoms with Gasteiger partial charge in [-0.25, -0.2) is 0 Å². The molecule has 0 radical (unpaired) electrons. The molecule has 0 aromatic rings. The van der Waals surface area contributed by atoms with Gasteiger partial charge in [-0.1, -0.05) is 65.2 Å². The molecule has 0 saturated heterocycles. The lowest BCUT2D eigenvalue weighted by atomic mass is 9.98. The highest BCUT2D eigenvalue weighted by Crippen LogP contribution is 2.29. The third kappa shape index (κ3) is 7.31. The van der Waals surface area contributed by atoms with E-state index in [2.05, 4.69) is 19.2 Å². The molecule has 1 rings (SSSR count). The van der Waals surface area contributed by atoms with E-state index in [-0.39, 0.29) is 0 Å². The van der Waals surface area contributed by atoms with Crippen LogP contribution in [0.1, 0.15) is 90.9 Å². The molecule has 2 nitrogen and oxygen atoms in total. The lowest BCUT2D eigenvalue weighted by Crippen LogP contribution is -2.42. The molecule has 0 atom stereocenters. The van der Waals surface area contributed by atoms with Crippen molar-refractivity contribution in [1.82, 2.24) is 5.32 Å². The Balaban J connectivity index is 2.25. The van der Waals surface area contributed by atoms with Crippen molar-refractivity contribution in [2.24, 2.45) is 0 Å². The van der Waals surface area contributed by atoms with E-state index >= 15 is 0 Å². The summed E-state index contributed by atoms with van der Waals surface area (Å²) in [5.74, 6) is 0. The summed E-state index contributed by atoms with van der Waals surface area (Å²) >= 11 is 0. The molecule has 2 heteroatoms. The van der Waals surface area contributed by atoms with E-state index in [1.54, 1.807) is 0 Å². The molecule has 0 aromatic carbocycles. The van der Waals surface area contributed by atoms with Crippen molar-refractivity contribution < 1.29 is 5.11 Å². The van der Waals surface area contributed by atoms with Crippen molar-refractivity contribution in [1.29, 1.82) is 0 Å². The van der Waals surface area contributed by atoms with Gasteiger partial charge in [0.25, 0.3) is 0 Å². The SMILES string of the molecule is CCCCCC(CCCCC)NCC1(O)CCCC1. The van der Waals surface area contributed by atoms with Crippen LogP contribution >= 0.6 is 0 Å². The topological polar surface area (TPSA) is 32.3 Å². The first-order valence-electron chi connectivity index (χ1n) is 8.66. The summed E-state index contributed by atoms with van der Waals surface area (Å²) in [5, 5.41) is 14.1. The number of aliphatic hydroxyl groups is 1. The number of hydrogen-bond acceptors (Lipinski definition) is 2. The van der Waals surface area contributed by atoms with Crippen LogP contribution in [0.2, 0.25) is 0 Å². The van der Waals surface area contributed by atoms with Gasteiger partial charge < -0.3 is 10.4 Å². The summed E-state index contributed by atoms with van der Waals surface area (Å²) in [4.78, 5) is 0. The minimum Gasteiger partial charge on any atom is -0.389 e. The van der Waals surface area contributed by atoms with E-state index in [9.17, 15) is 5.11 Å². The van der Waals surface area contributed by atoms with Crippen molar-refractivity contribution in [2.75, 3.05) is 6.54 Å². The summed E-state index contributed by atoms with van der Waals surface area (Å²) in [7, 11) is 0. The second-order valence-corrected chi connectivity index (χ2v) is 6.50. The molecule has 0 unspecified atom stereocenters. The van der Waals surface area contributed by atoms with Crippen molar-refractivity contribution in [3.8, 4) is 0 Å². The number of hydrogen-bond donors (Lipinski definition) is 2. The standard InChI is InChI=1S/C17H35NO/c1-3-5-7-11-16(12-8-6-4-2)18-15-17(19)13-9-10-14-17/h16,18-19H,3-15H2,1-2H3. The minimum absolute atomic E-state index is 0.395.